The van der Waals surface area contributed by atoms with Crippen molar-refractivity contribution in [2.45, 2.75) is 6.92 Å². The fourth-order valence-electron chi connectivity index (χ4n) is 2.04. The molecule has 0 saturated carbocycles. The molecule has 1 aromatic carbocycles. The van der Waals surface area contributed by atoms with E-state index in [0.717, 1.165) is 0 Å². The van der Waals surface area contributed by atoms with Gasteiger partial charge in [0.2, 0.25) is 5.91 Å². The second-order valence-corrected chi connectivity index (χ2v) is 4.48. The molecule has 1 aromatic rings. The van der Waals surface area contributed by atoms with Crippen molar-refractivity contribution in [1.82, 2.24) is 5.32 Å². The van der Waals surface area contributed by atoms with Gasteiger partial charge < -0.3 is 10.6 Å². The highest BCUT2D eigenvalue weighted by Crippen LogP contribution is 2.23. The summed E-state index contributed by atoms with van der Waals surface area (Å²) in [6.45, 7) is 3.03. The van der Waals surface area contributed by atoms with Crippen LogP contribution in [0.3, 0.4) is 0 Å². The Morgan fingerprint density at radius 2 is 1.89 bits per heavy atom. The summed E-state index contributed by atoms with van der Waals surface area (Å²) in [5.41, 5.74) is -0.597. The average molecular weight is 258 g/mol. The average Bonchev–Trinajstić information content (AvgIpc) is 2.69. The van der Waals surface area contributed by atoms with E-state index in [4.69, 9.17) is 0 Å². The molecular weight excluding hydrogens is 245 g/mol. The Hall–Kier alpha value is -1.56. The second kappa shape index (κ2) is 4.97. The van der Waals surface area contributed by atoms with Gasteiger partial charge in [-0.2, -0.15) is 0 Å². The number of amides is 1. The molecule has 1 aliphatic rings. The zero-order chi connectivity index (χ0) is 13.3. The maximum absolute atomic E-state index is 13.3. The van der Waals surface area contributed by atoms with Crippen LogP contribution in [0.2, 0.25) is 0 Å². The molecule has 1 amide bonds. The van der Waals surface area contributed by atoms with Crippen molar-refractivity contribution in [3.05, 3.63) is 29.6 Å². The summed E-state index contributed by atoms with van der Waals surface area (Å²) in [5.74, 6) is -3.94. The molecule has 2 rings (SSSR count). The van der Waals surface area contributed by atoms with Crippen LogP contribution in [-0.2, 0) is 4.79 Å². The van der Waals surface area contributed by atoms with Gasteiger partial charge in [0, 0.05) is 18.7 Å². The molecule has 1 fully saturated rings. The Morgan fingerprint density at radius 1 is 1.28 bits per heavy atom. The minimum Gasteiger partial charge on any atom is -0.321 e. The molecule has 1 saturated heterocycles. The Kier molecular flexibility index (Phi) is 3.56. The van der Waals surface area contributed by atoms with Crippen molar-refractivity contribution in [1.29, 1.82) is 0 Å². The first-order valence-electron chi connectivity index (χ1n) is 5.65. The normalized spacial score (nSPS) is 23.1. The van der Waals surface area contributed by atoms with Gasteiger partial charge in [-0.15, -0.1) is 0 Å². The van der Waals surface area contributed by atoms with Crippen LogP contribution < -0.4 is 10.6 Å². The molecule has 0 spiro atoms. The molecule has 6 heteroatoms. The standard InChI is InChI=1S/C12H13F3N2O/c1-6-4-16-5-8(6)12(18)17-11-9(14)2-7(13)3-10(11)15/h2-3,6,8,16H,4-5H2,1H3,(H,17,18)/t6-,8-/m1/s1. The number of nitrogens with one attached hydrogen (secondary N) is 2. The number of halogens is 3. The van der Waals surface area contributed by atoms with Gasteiger partial charge in [-0.25, -0.2) is 13.2 Å². The van der Waals surface area contributed by atoms with Crippen molar-refractivity contribution >= 4 is 11.6 Å². The van der Waals surface area contributed by atoms with E-state index < -0.39 is 29.0 Å². The van der Waals surface area contributed by atoms with Crippen LogP contribution in [-0.4, -0.2) is 19.0 Å². The van der Waals surface area contributed by atoms with Crippen LogP contribution in [0.25, 0.3) is 0 Å². The van der Waals surface area contributed by atoms with Crippen LogP contribution >= 0.6 is 0 Å². The third-order valence-corrected chi connectivity index (χ3v) is 3.11. The highest BCUT2D eigenvalue weighted by molar-refractivity contribution is 5.93. The number of carbonyl (C=O) groups is 1. The summed E-state index contributed by atoms with van der Waals surface area (Å²) in [7, 11) is 0. The molecule has 0 radical (unpaired) electrons. The molecule has 1 aliphatic heterocycles. The lowest BCUT2D eigenvalue weighted by atomic mass is 9.97. The number of rotatable bonds is 2. The summed E-state index contributed by atoms with van der Waals surface area (Å²) >= 11 is 0. The van der Waals surface area contributed by atoms with Crippen molar-refractivity contribution < 1.29 is 18.0 Å². The monoisotopic (exact) mass is 258 g/mol. The Labute approximate surface area is 102 Å². The van der Waals surface area contributed by atoms with Gasteiger partial charge in [-0.1, -0.05) is 6.92 Å². The van der Waals surface area contributed by atoms with Gasteiger partial charge in [0.05, 0.1) is 5.92 Å². The number of carbonyl (C=O) groups excluding carboxylic acids is 1. The van der Waals surface area contributed by atoms with Crippen molar-refractivity contribution in [2.75, 3.05) is 18.4 Å². The van der Waals surface area contributed by atoms with Crippen molar-refractivity contribution in [2.24, 2.45) is 11.8 Å². The lowest BCUT2D eigenvalue weighted by molar-refractivity contribution is -0.120. The predicted molar refractivity (Wildman–Crippen MR) is 60.5 cm³/mol. The van der Waals surface area contributed by atoms with E-state index in [9.17, 15) is 18.0 Å². The van der Waals surface area contributed by atoms with Crippen LogP contribution in [0.1, 0.15) is 6.92 Å². The van der Waals surface area contributed by atoms with E-state index in [1.165, 1.54) is 0 Å². The topological polar surface area (TPSA) is 41.1 Å². The molecule has 98 valence electrons. The van der Waals surface area contributed by atoms with Crippen molar-refractivity contribution in [3.8, 4) is 0 Å². The van der Waals surface area contributed by atoms with E-state index in [-0.39, 0.29) is 11.8 Å². The molecule has 2 N–H and O–H groups in total. The van der Waals surface area contributed by atoms with Gasteiger partial charge in [0.15, 0.2) is 11.6 Å². The second-order valence-electron chi connectivity index (χ2n) is 4.48. The van der Waals surface area contributed by atoms with Crippen LogP contribution in [0, 0.1) is 29.3 Å². The van der Waals surface area contributed by atoms with E-state index >= 15 is 0 Å². The highest BCUT2D eigenvalue weighted by Gasteiger charge is 2.30. The summed E-state index contributed by atoms with van der Waals surface area (Å²) in [4.78, 5) is 11.8. The van der Waals surface area contributed by atoms with E-state index in [2.05, 4.69) is 10.6 Å². The molecular formula is C12H13F3N2O. The Balaban J connectivity index is 2.17. The number of anilines is 1. The maximum Gasteiger partial charge on any atom is 0.229 e. The molecule has 1 heterocycles. The number of hydrogen-bond donors (Lipinski definition) is 2. The zero-order valence-electron chi connectivity index (χ0n) is 9.77. The van der Waals surface area contributed by atoms with Gasteiger partial charge in [-0.3, -0.25) is 4.79 Å². The molecule has 2 atom stereocenters. The molecule has 0 aromatic heterocycles. The lowest BCUT2D eigenvalue weighted by Gasteiger charge is -2.15. The molecule has 18 heavy (non-hydrogen) atoms. The Morgan fingerprint density at radius 3 is 2.39 bits per heavy atom. The zero-order valence-corrected chi connectivity index (χ0v) is 9.77. The summed E-state index contributed by atoms with van der Waals surface area (Å²) in [6, 6.07) is 1.07. The van der Waals surface area contributed by atoms with E-state index in [1.54, 1.807) is 0 Å². The lowest BCUT2D eigenvalue weighted by Crippen LogP contribution is -2.28. The van der Waals surface area contributed by atoms with Crippen LogP contribution in [0.5, 0.6) is 0 Å². The first kappa shape index (κ1) is 12.9. The van der Waals surface area contributed by atoms with E-state index in [1.807, 2.05) is 6.92 Å². The quantitative estimate of drug-likeness (QED) is 0.850. The third-order valence-electron chi connectivity index (χ3n) is 3.11. The SMILES string of the molecule is C[C@@H]1CNC[C@H]1C(=O)Nc1c(F)cc(F)cc1F. The maximum atomic E-state index is 13.3. The first-order valence-corrected chi connectivity index (χ1v) is 5.65. The van der Waals surface area contributed by atoms with Crippen molar-refractivity contribution in [3.63, 3.8) is 0 Å². The van der Waals surface area contributed by atoms with Gasteiger partial charge >= 0.3 is 0 Å². The Bertz CT molecular complexity index is 455. The van der Waals surface area contributed by atoms with Gasteiger partial charge in [0.1, 0.15) is 11.5 Å². The predicted octanol–water partition coefficient (Wildman–Crippen LogP) is 1.90. The van der Waals surface area contributed by atoms with Gasteiger partial charge in [0.25, 0.3) is 0 Å². The largest absolute Gasteiger partial charge is 0.321 e. The van der Waals surface area contributed by atoms with Crippen LogP contribution in [0.15, 0.2) is 12.1 Å². The number of hydrogen-bond acceptors (Lipinski definition) is 2. The van der Waals surface area contributed by atoms with E-state index in [0.29, 0.717) is 25.2 Å². The smallest absolute Gasteiger partial charge is 0.229 e. The fourth-order valence-corrected chi connectivity index (χ4v) is 2.04. The summed E-state index contributed by atoms with van der Waals surface area (Å²) < 4.78 is 39.4. The van der Waals surface area contributed by atoms with Crippen LogP contribution in [0.4, 0.5) is 18.9 Å². The van der Waals surface area contributed by atoms with Gasteiger partial charge in [-0.05, 0) is 12.5 Å². The fraction of sp³-hybridized carbons (Fsp3) is 0.417. The molecule has 0 aliphatic carbocycles. The third kappa shape index (κ3) is 2.48. The molecule has 3 nitrogen and oxygen atoms in total. The highest BCUT2D eigenvalue weighted by atomic mass is 19.1. The minimum absolute atomic E-state index is 0.0940. The molecule has 0 bridgehead atoms. The number of benzene rings is 1. The minimum atomic E-state index is -1.11. The molecule has 0 unspecified atom stereocenters. The summed E-state index contributed by atoms with van der Waals surface area (Å²) in [5, 5.41) is 5.20. The first-order chi connectivity index (χ1) is 8.49. The summed E-state index contributed by atoms with van der Waals surface area (Å²) in [6.07, 6.45) is 0.